The van der Waals surface area contributed by atoms with Crippen LogP contribution in [0.1, 0.15) is 89.7 Å². The molecule has 1 aromatic rings. The Kier molecular flexibility index (Phi) is 10.3. The van der Waals surface area contributed by atoms with Crippen LogP contribution >= 0.6 is 0 Å². The van der Waals surface area contributed by atoms with E-state index in [0.29, 0.717) is 6.04 Å². The number of hydrogen-bond donors (Lipinski definition) is 0. The summed E-state index contributed by atoms with van der Waals surface area (Å²) >= 11 is 0. The van der Waals surface area contributed by atoms with E-state index in [2.05, 4.69) is 58.3 Å². The highest BCUT2D eigenvalue weighted by atomic mass is 15.3. The Bertz CT molecular complexity index is 382. The number of benzene rings is 1. The molecule has 0 saturated carbocycles. The molecule has 0 amide bonds. The van der Waals surface area contributed by atoms with Gasteiger partial charge in [0.05, 0.1) is 20.6 Å². The standard InChI is InChI=1S/C22H40N/c1-5-6-7-8-9-10-11-12-13-17-20-23(3,4)21(2)22-18-15-14-16-19-22/h14-16,18-19,21H,5-13,17,20H2,1-4H3/q+1/t21-/m0/s1. The van der Waals surface area contributed by atoms with Gasteiger partial charge in [-0.15, -0.1) is 0 Å². The summed E-state index contributed by atoms with van der Waals surface area (Å²) in [6.45, 7) is 5.94. The molecule has 0 fully saturated rings. The molecule has 0 spiro atoms. The summed E-state index contributed by atoms with van der Waals surface area (Å²) in [6, 6.07) is 11.5. The molecule has 1 rings (SSSR count). The van der Waals surface area contributed by atoms with Crippen molar-refractivity contribution < 1.29 is 4.48 Å². The van der Waals surface area contributed by atoms with Gasteiger partial charge in [-0.2, -0.15) is 0 Å². The van der Waals surface area contributed by atoms with E-state index in [1.807, 2.05) is 0 Å². The van der Waals surface area contributed by atoms with Crippen molar-refractivity contribution in [3.63, 3.8) is 0 Å². The summed E-state index contributed by atoms with van der Waals surface area (Å²) in [5, 5.41) is 0. The van der Waals surface area contributed by atoms with Crippen LogP contribution in [0.4, 0.5) is 0 Å². The summed E-state index contributed by atoms with van der Waals surface area (Å²) in [5.74, 6) is 0. The van der Waals surface area contributed by atoms with Crippen LogP contribution in [-0.2, 0) is 0 Å². The van der Waals surface area contributed by atoms with Gasteiger partial charge in [0.1, 0.15) is 6.04 Å². The van der Waals surface area contributed by atoms with E-state index in [1.165, 1.54) is 76.3 Å². The third kappa shape index (κ3) is 8.55. The van der Waals surface area contributed by atoms with E-state index < -0.39 is 0 Å². The SMILES string of the molecule is CCCCCCCCCCCC[N+](C)(C)[C@@H](C)c1ccccc1. The number of unbranched alkanes of at least 4 members (excludes halogenated alkanes) is 9. The maximum absolute atomic E-state index is 2.38. The minimum atomic E-state index is 0.578. The Balaban J connectivity index is 2.10. The molecule has 1 heteroatoms. The number of hydrogen-bond acceptors (Lipinski definition) is 0. The zero-order chi connectivity index (χ0) is 17.0. The first-order chi connectivity index (χ1) is 11.1. The topological polar surface area (TPSA) is 0 Å². The second-order valence-electron chi connectivity index (χ2n) is 7.77. The van der Waals surface area contributed by atoms with Gasteiger partial charge in [-0.05, 0) is 19.8 Å². The Morgan fingerprint density at radius 3 is 1.74 bits per heavy atom. The molecule has 0 aromatic heterocycles. The van der Waals surface area contributed by atoms with Crippen LogP contribution < -0.4 is 0 Å². The van der Waals surface area contributed by atoms with Crippen molar-refractivity contribution in [3.8, 4) is 0 Å². The lowest BCUT2D eigenvalue weighted by molar-refractivity contribution is -0.919. The maximum Gasteiger partial charge on any atom is 0.111 e. The average molecular weight is 319 g/mol. The van der Waals surface area contributed by atoms with Crippen molar-refractivity contribution in [2.75, 3.05) is 20.6 Å². The van der Waals surface area contributed by atoms with Crippen molar-refractivity contribution in [2.24, 2.45) is 0 Å². The fourth-order valence-corrected chi connectivity index (χ4v) is 3.34. The van der Waals surface area contributed by atoms with Crippen LogP contribution in [0, 0.1) is 0 Å². The summed E-state index contributed by atoms with van der Waals surface area (Å²) in [5.41, 5.74) is 1.46. The summed E-state index contributed by atoms with van der Waals surface area (Å²) in [4.78, 5) is 0. The molecule has 1 atom stereocenters. The molecule has 0 heterocycles. The van der Waals surface area contributed by atoms with Gasteiger partial charge in [0, 0.05) is 5.56 Å². The second kappa shape index (κ2) is 11.7. The molecule has 23 heavy (non-hydrogen) atoms. The van der Waals surface area contributed by atoms with Gasteiger partial charge in [-0.25, -0.2) is 0 Å². The van der Waals surface area contributed by atoms with Crippen LogP contribution in [0.5, 0.6) is 0 Å². The second-order valence-corrected chi connectivity index (χ2v) is 7.77. The lowest BCUT2D eigenvalue weighted by Gasteiger charge is -2.36. The normalized spacial score (nSPS) is 13.2. The van der Waals surface area contributed by atoms with Crippen LogP contribution in [-0.4, -0.2) is 25.1 Å². The highest BCUT2D eigenvalue weighted by Gasteiger charge is 2.24. The van der Waals surface area contributed by atoms with Crippen molar-refractivity contribution in [1.82, 2.24) is 0 Å². The number of rotatable bonds is 13. The Morgan fingerprint density at radius 1 is 0.739 bits per heavy atom. The first-order valence-corrected chi connectivity index (χ1v) is 9.95. The minimum Gasteiger partial charge on any atom is -0.323 e. The van der Waals surface area contributed by atoms with Crippen LogP contribution in [0.3, 0.4) is 0 Å². The van der Waals surface area contributed by atoms with Crippen LogP contribution in [0.25, 0.3) is 0 Å². The van der Waals surface area contributed by atoms with E-state index >= 15 is 0 Å². The zero-order valence-corrected chi connectivity index (χ0v) is 16.2. The largest absolute Gasteiger partial charge is 0.323 e. The molecule has 0 N–H and O–H groups in total. The van der Waals surface area contributed by atoms with Gasteiger partial charge >= 0.3 is 0 Å². The Hall–Kier alpha value is -0.820. The molecule has 0 unspecified atom stereocenters. The minimum absolute atomic E-state index is 0.578. The van der Waals surface area contributed by atoms with Crippen LogP contribution in [0.2, 0.25) is 0 Å². The lowest BCUT2D eigenvalue weighted by atomic mass is 10.0. The molecule has 0 aliphatic carbocycles. The lowest BCUT2D eigenvalue weighted by Crippen LogP contribution is -2.42. The third-order valence-corrected chi connectivity index (χ3v) is 5.42. The fraction of sp³-hybridized carbons (Fsp3) is 0.727. The third-order valence-electron chi connectivity index (χ3n) is 5.42. The molecule has 0 aliphatic heterocycles. The average Bonchev–Trinajstić information content (AvgIpc) is 2.56. The van der Waals surface area contributed by atoms with Crippen molar-refractivity contribution in [3.05, 3.63) is 35.9 Å². The highest BCUT2D eigenvalue weighted by Crippen LogP contribution is 2.25. The predicted molar refractivity (Wildman–Crippen MR) is 104 cm³/mol. The van der Waals surface area contributed by atoms with Gasteiger partial charge in [-0.3, -0.25) is 0 Å². The molecule has 0 radical (unpaired) electrons. The highest BCUT2D eigenvalue weighted by molar-refractivity contribution is 5.16. The number of quaternary nitrogens is 1. The van der Waals surface area contributed by atoms with E-state index in [1.54, 1.807) is 0 Å². The van der Waals surface area contributed by atoms with Gasteiger partial charge in [-0.1, -0.05) is 88.6 Å². The van der Waals surface area contributed by atoms with E-state index in [9.17, 15) is 0 Å². The molecular formula is C22H40N+. The van der Waals surface area contributed by atoms with E-state index in [4.69, 9.17) is 0 Å². The molecule has 1 aromatic carbocycles. The molecule has 0 bridgehead atoms. The quantitative estimate of drug-likeness (QED) is 0.279. The molecule has 0 saturated heterocycles. The fourth-order valence-electron chi connectivity index (χ4n) is 3.34. The van der Waals surface area contributed by atoms with Gasteiger partial charge in [0.15, 0.2) is 0 Å². The van der Waals surface area contributed by atoms with Gasteiger partial charge in [0.25, 0.3) is 0 Å². The smallest absolute Gasteiger partial charge is 0.111 e. The molecule has 0 aliphatic rings. The summed E-state index contributed by atoms with van der Waals surface area (Å²) in [7, 11) is 4.76. The maximum atomic E-state index is 2.38. The van der Waals surface area contributed by atoms with Gasteiger partial charge in [0.2, 0.25) is 0 Å². The van der Waals surface area contributed by atoms with Crippen molar-refractivity contribution >= 4 is 0 Å². The Morgan fingerprint density at radius 2 is 1.22 bits per heavy atom. The summed E-state index contributed by atoms with van der Waals surface area (Å²) < 4.78 is 1.10. The first kappa shape index (κ1) is 20.2. The van der Waals surface area contributed by atoms with Crippen LogP contribution in [0.15, 0.2) is 30.3 Å². The zero-order valence-electron chi connectivity index (χ0n) is 16.2. The first-order valence-electron chi connectivity index (χ1n) is 9.95. The monoisotopic (exact) mass is 318 g/mol. The number of nitrogens with zero attached hydrogens (tertiary/aromatic N) is 1. The van der Waals surface area contributed by atoms with E-state index in [0.717, 1.165) is 4.48 Å². The molecule has 1 nitrogen and oxygen atoms in total. The Labute approximate surface area is 145 Å². The summed E-state index contributed by atoms with van der Waals surface area (Å²) in [6.07, 6.45) is 14.2. The van der Waals surface area contributed by atoms with Crippen molar-refractivity contribution in [2.45, 2.75) is 84.1 Å². The van der Waals surface area contributed by atoms with Crippen molar-refractivity contribution in [1.29, 1.82) is 0 Å². The van der Waals surface area contributed by atoms with Gasteiger partial charge < -0.3 is 4.48 Å². The molecular weight excluding hydrogens is 278 g/mol. The van der Waals surface area contributed by atoms with E-state index in [-0.39, 0.29) is 0 Å². The predicted octanol–water partition coefficient (Wildman–Crippen LogP) is 6.74. The molecule has 132 valence electrons.